The van der Waals surface area contributed by atoms with Gasteiger partial charge >= 0.3 is 5.97 Å². The minimum absolute atomic E-state index is 0.0120. The summed E-state index contributed by atoms with van der Waals surface area (Å²) in [6, 6.07) is 11.3. The second-order valence-corrected chi connectivity index (χ2v) is 10.4. The highest BCUT2D eigenvalue weighted by atomic mass is 16.5. The Morgan fingerprint density at radius 2 is 1.79 bits per heavy atom. The van der Waals surface area contributed by atoms with E-state index in [1.807, 2.05) is 6.07 Å². The van der Waals surface area contributed by atoms with Crippen molar-refractivity contribution in [1.29, 1.82) is 0 Å². The van der Waals surface area contributed by atoms with Crippen molar-refractivity contribution in [3.63, 3.8) is 0 Å². The van der Waals surface area contributed by atoms with Gasteiger partial charge in [-0.1, -0.05) is 12.1 Å². The molecule has 0 unspecified atom stereocenters. The zero-order valence-corrected chi connectivity index (χ0v) is 22.8. The average molecular weight is 583 g/mol. The van der Waals surface area contributed by atoms with Crippen LogP contribution in [-0.2, 0) is 19.5 Å². The molecule has 1 atom stereocenters. The molecule has 2 heterocycles. The molecule has 13 nitrogen and oxygen atoms in total. The Hall–Kier alpha value is -5.59. The lowest BCUT2D eigenvalue weighted by Gasteiger charge is -2.24. The number of aromatic nitrogens is 2. The van der Waals surface area contributed by atoms with Gasteiger partial charge in [0, 0.05) is 24.7 Å². The van der Waals surface area contributed by atoms with Gasteiger partial charge < -0.3 is 31.1 Å². The van der Waals surface area contributed by atoms with E-state index >= 15 is 0 Å². The number of hydrogen-bond donors (Lipinski definition) is 4. The van der Waals surface area contributed by atoms with Crippen LogP contribution in [0.4, 0.5) is 11.4 Å². The Morgan fingerprint density at radius 3 is 2.56 bits per heavy atom. The van der Waals surface area contributed by atoms with E-state index in [1.165, 1.54) is 12.1 Å². The van der Waals surface area contributed by atoms with Crippen LogP contribution in [-0.4, -0.2) is 46.0 Å². The van der Waals surface area contributed by atoms with Gasteiger partial charge in [0.1, 0.15) is 41.4 Å². The SMILES string of the molecule is Nc1c(N2CCOc3ccc(CNC(=O)c4cc(C(=O)N[C@H]5CCc6cc(C(=O)O)ccc65)ncn4)cc3C2)c(=O)c1=O. The predicted octanol–water partition coefficient (Wildman–Crippen LogP) is 1.10. The normalized spacial score (nSPS) is 15.6. The highest BCUT2D eigenvalue weighted by Crippen LogP contribution is 2.32. The van der Waals surface area contributed by atoms with Crippen LogP contribution in [0, 0.1) is 0 Å². The molecule has 0 fully saturated rings. The molecule has 0 saturated carbocycles. The maximum atomic E-state index is 13.0. The van der Waals surface area contributed by atoms with E-state index in [0.29, 0.717) is 38.3 Å². The average Bonchev–Trinajstić information content (AvgIpc) is 3.30. The first-order chi connectivity index (χ1) is 20.7. The molecule has 6 rings (SSSR count). The topological polar surface area (TPSA) is 194 Å². The number of carboxylic acids is 1. The molecule has 2 aliphatic rings. The van der Waals surface area contributed by atoms with Crippen LogP contribution in [0.3, 0.4) is 0 Å². The van der Waals surface area contributed by atoms with E-state index in [4.69, 9.17) is 10.5 Å². The number of benzene rings is 2. The van der Waals surface area contributed by atoms with Gasteiger partial charge in [-0.25, -0.2) is 14.8 Å². The maximum absolute atomic E-state index is 13.0. The number of carbonyl (C=O) groups excluding carboxylic acids is 2. The standard InChI is InChI=1S/C30H26N6O7/c31-24-25(27(38)26(24)37)36-7-8-43-23-6-1-15(9-18(23)13-36)12-32-28(39)21-11-22(34-14-33-21)29(40)35-20-5-3-16-10-17(30(41)42)2-4-19(16)20/h1-2,4,6,9-11,14,20H,3,5,7-8,12-13,31H2,(H,32,39)(H,35,40)(H,41,42)/t20-/m0/s1. The number of fused-ring (bicyclic) bond motifs is 2. The van der Waals surface area contributed by atoms with Crippen LogP contribution in [0.15, 0.2) is 58.4 Å². The molecule has 1 aliphatic heterocycles. The fraction of sp³-hybridized carbons (Fsp3) is 0.233. The largest absolute Gasteiger partial charge is 0.491 e. The van der Waals surface area contributed by atoms with Crippen molar-refractivity contribution >= 4 is 29.2 Å². The number of carboxylic acid groups (broad SMARTS) is 1. The molecule has 0 bridgehead atoms. The van der Waals surface area contributed by atoms with Crippen LogP contribution < -0.4 is 36.9 Å². The van der Waals surface area contributed by atoms with Crippen molar-refractivity contribution in [1.82, 2.24) is 20.6 Å². The number of hydrogen-bond acceptors (Lipinski definition) is 10. The van der Waals surface area contributed by atoms with Crippen LogP contribution in [0.2, 0.25) is 0 Å². The molecule has 0 spiro atoms. The Labute approximate surface area is 244 Å². The number of ether oxygens (including phenoxy) is 1. The number of amides is 2. The number of rotatable bonds is 7. The number of carbonyl (C=O) groups is 3. The number of nitrogens with zero attached hydrogens (tertiary/aromatic N) is 3. The Bertz CT molecular complexity index is 1860. The zero-order valence-electron chi connectivity index (χ0n) is 22.8. The molecule has 3 aromatic carbocycles. The number of nitrogens with one attached hydrogen (secondary N) is 2. The highest BCUT2D eigenvalue weighted by Gasteiger charge is 2.28. The Morgan fingerprint density at radius 1 is 1.00 bits per heavy atom. The van der Waals surface area contributed by atoms with E-state index in [-0.39, 0.29) is 40.9 Å². The van der Waals surface area contributed by atoms with Gasteiger partial charge in [-0.05, 0) is 53.8 Å². The molecule has 13 heteroatoms. The van der Waals surface area contributed by atoms with Crippen molar-refractivity contribution < 1.29 is 24.2 Å². The van der Waals surface area contributed by atoms with Gasteiger partial charge in [-0.15, -0.1) is 0 Å². The first-order valence-corrected chi connectivity index (χ1v) is 13.5. The monoisotopic (exact) mass is 582 g/mol. The van der Waals surface area contributed by atoms with Crippen molar-refractivity contribution in [2.45, 2.75) is 32.0 Å². The maximum Gasteiger partial charge on any atom is 0.335 e. The third-order valence-electron chi connectivity index (χ3n) is 7.70. The first-order valence-electron chi connectivity index (χ1n) is 13.5. The summed E-state index contributed by atoms with van der Waals surface area (Å²) in [7, 11) is 0. The molecule has 2 amide bonds. The Kier molecular flexibility index (Phi) is 7.06. The molecule has 5 N–H and O–H groups in total. The number of aromatic carboxylic acids is 1. The smallest absolute Gasteiger partial charge is 0.335 e. The third-order valence-corrected chi connectivity index (χ3v) is 7.70. The van der Waals surface area contributed by atoms with Crippen LogP contribution in [0.25, 0.3) is 0 Å². The molecule has 218 valence electrons. The lowest BCUT2D eigenvalue weighted by atomic mass is 10.0. The van der Waals surface area contributed by atoms with Gasteiger partial charge in [0.05, 0.1) is 18.2 Å². The second-order valence-electron chi connectivity index (χ2n) is 10.4. The van der Waals surface area contributed by atoms with E-state index < -0.39 is 28.6 Å². The lowest BCUT2D eigenvalue weighted by molar-refractivity contribution is 0.0696. The Balaban J connectivity index is 1.10. The second kappa shape index (κ2) is 11.0. The fourth-order valence-corrected chi connectivity index (χ4v) is 5.47. The van der Waals surface area contributed by atoms with E-state index in [9.17, 15) is 29.1 Å². The van der Waals surface area contributed by atoms with Crippen molar-refractivity contribution in [2.24, 2.45) is 0 Å². The number of anilines is 2. The summed E-state index contributed by atoms with van der Waals surface area (Å²) in [5.74, 6) is -1.36. The minimum atomic E-state index is -1.01. The minimum Gasteiger partial charge on any atom is -0.491 e. The summed E-state index contributed by atoms with van der Waals surface area (Å²) in [5.41, 5.74) is 8.11. The molecular weight excluding hydrogens is 556 g/mol. The van der Waals surface area contributed by atoms with Crippen molar-refractivity contribution in [3.05, 3.63) is 108 Å². The van der Waals surface area contributed by atoms with Crippen molar-refractivity contribution in [2.75, 3.05) is 23.8 Å². The van der Waals surface area contributed by atoms with Gasteiger partial charge in [0.2, 0.25) is 0 Å². The fourth-order valence-electron chi connectivity index (χ4n) is 5.47. The van der Waals surface area contributed by atoms with Crippen LogP contribution in [0.1, 0.15) is 66.1 Å². The first kappa shape index (κ1) is 27.6. The van der Waals surface area contributed by atoms with Crippen molar-refractivity contribution in [3.8, 4) is 5.75 Å². The molecule has 1 aromatic heterocycles. The molecule has 0 saturated heterocycles. The summed E-state index contributed by atoms with van der Waals surface area (Å²) in [6.07, 6.45) is 2.40. The van der Waals surface area contributed by atoms with E-state index in [1.54, 1.807) is 29.2 Å². The van der Waals surface area contributed by atoms with Gasteiger partial charge in [0.15, 0.2) is 0 Å². The van der Waals surface area contributed by atoms with Crippen LogP contribution in [0.5, 0.6) is 5.75 Å². The summed E-state index contributed by atoms with van der Waals surface area (Å²) in [6.45, 7) is 1.15. The summed E-state index contributed by atoms with van der Waals surface area (Å²) in [4.78, 5) is 70.5. The van der Waals surface area contributed by atoms with E-state index in [2.05, 4.69) is 20.6 Å². The number of nitrogen functional groups attached to an aromatic ring is 1. The predicted molar refractivity (Wildman–Crippen MR) is 154 cm³/mol. The molecule has 0 radical (unpaired) electrons. The number of nitrogens with two attached hydrogens (primary N) is 1. The summed E-state index contributed by atoms with van der Waals surface area (Å²) in [5, 5.41) is 14.9. The summed E-state index contributed by atoms with van der Waals surface area (Å²) < 4.78 is 5.79. The highest BCUT2D eigenvalue weighted by molar-refractivity contribution is 5.97. The van der Waals surface area contributed by atoms with Gasteiger partial charge in [-0.2, -0.15) is 0 Å². The number of aryl methyl sites for hydroxylation is 1. The molecule has 43 heavy (non-hydrogen) atoms. The molecule has 4 aromatic rings. The summed E-state index contributed by atoms with van der Waals surface area (Å²) >= 11 is 0. The van der Waals surface area contributed by atoms with Gasteiger partial charge in [-0.3, -0.25) is 19.2 Å². The van der Waals surface area contributed by atoms with E-state index in [0.717, 1.165) is 28.6 Å². The van der Waals surface area contributed by atoms with Crippen LogP contribution >= 0.6 is 0 Å². The molecule has 1 aliphatic carbocycles. The third kappa shape index (κ3) is 5.27. The van der Waals surface area contributed by atoms with Gasteiger partial charge in [0.25, 0.3) is 22.7 Å². The quantitative estimate of drug-likeness (QED) is 0.228. The zero-order chi connectivity index (χ0) is 30.2. The lowest BCUT2D eigenvalue weighted by Crippen LogP contribution is -2.43. The molecular formula is C30H26N6O7.